The van der Waals surface area contributed by atoms with Crippen molar-refractivity contribution < 1.29 is 5.11 Å². The van der Waals surface area contributed by atoms with Crippen molar-refractivity contribution in [3.05, 3.63) is 45.0 Å². The fourth-order valence-electron chi connectivity index (χ4n) is 1.72. The van der Waals surface area contributed by atoms with Crippen molar-refractivity contribution in [1.82, 2.24) is 9.78 Å². The molecule has 0 aliphatic carbocycles. The summed E-state index contributed by atoms with van der Waals surface area (Å²) in [6.07, 6.45) is -0.0781. The van der Waals surface area contributed by atoms with Crippen LogP contribution in [-0.4, -0.2) is 21.0 Å². The highest BCUT2D eigenvalue weighted by Gasteiger charge is 2.06. The molecule has 1 atom stereocenters. The smallest absolute Gasteiger partial charge is 0.273 e. The molecule has 90 valence electrons. The Morgan fingerprint density at radius 3 is 2.59 bits per heavy atom. The Bertz CT molecular complexity index is 640. The quantitative estimate of drug-likeness (QED) is 0.810. The van der Waals surface area contributed by atoms with Crippen molar-refractivity contribution in [2.24, 2.45) is 0 Å². The number of aromatic amines is 1. The van der Waals surface area contributed by atoms with E-state index in [-0.39, 0.29) is 11.1 Å². The van der Waals surface area contributed by atoms with E-state index in [1.54, 1.807) is 31.2 Å². The second-order valence-corrected chi connectivity index (χ2v) is 4.08. The standard InChI is InChI=1S/C12H14N2O3/c1-8(15)6-7-14-12(17)10-5-3-2-4-9(10)11(16)13-14/h2-5,8,15H,6-7H2,1H3,(H,13,16)/t8-/m0/s1. The molecule has 0 radical (unpaired) electrons. The molecule has 2 aromatic rings. The number of aliphatic hydroxyl groups excluding tert-OH is 1. The lowest BCUT2D eigenvalue weighted by molar-refractivity contribution is 0.175. The van der Waals surface area contributed by atoms with Gasteiger partial charge in [-0.3, -0.25) is 14.7 Å². The van der Waals surface area contributed by atoms with Crippen molar-refractivity contribution in [3.63, 3.8) is 0 Å². The van der Waals surface area contributed by atoms with E-state index in [1.165, 1.54) is 4.68 Å². The van der Waals surface area contributed by atoms with Gasteiger partial charge in [0.15, 0.2) is 0 Å². The Hall–Kier alpha value is -1.88. The van der Waals surface area contributed by atoms with Gasteiger partial charge in [-0.25, -0.2) is 4.68 Å². The van der Waals surface area contributed by atoms with Gasteiger partial charge in [0.05, 0.1) is 16.9 Å². The van der Waals surface area contributed by atoms with Gasteiger partial charge in [0.1, 0.15) is 0 Å². The molecule has 0 unspecified atom stereocenters. The molecule has 2 rings (SSSR count). The Kier molecular flexibility index (Phi) is 3.10. The molecule has 1 aromatic heterocycles. The number of aromatic nitrogens is 2. The molecule has 0 aliphatic heterocycles. The summed E-state index contributed by atoms with van der Waals surface area (Å²) in [5.74, 6) is 0. The lowest BCUT2D eigenvalue weighted by Crippen LogP contribution is -2.30. The van der Waals surface area contributed by atoms with Gasteiger partial charge in [-0.05, 0) is 25.5 Å². The first-order valence-corrected chi connectivity index (χ1v) is 5.49. The molecular formula is C12H14N2O3. The number of benzene rings is 1. The lowest BCUT2D eigenvalue weighted by Gasteiger charge is -2.08. The summed E-state index contributed by atoms with van der Waals surface area (Å²) in [5.41, 5.74) is -0.522. The number of rotatable bonds is 3. The minimum absolute atomic E-state index is 0.235. The average Bonchev–Trinajstić information content (AvgIpc) is 2.32. The third-order valence-corrected chi connectivity index (χ3v) is 2.65. The summed E-state index contributed by atoms with van der Waals surface area (Å²) < 4.78 is 1.25. The molecule has 1 heterocycles. The summed E-state index contributed by atoms with van der Waals surface area (Å²) in [6.45, 7) is 1.95. The minimum Gasteiger partial charge on any atom is -0.393 e. The van der Waals surface area contributed by atoms with Crippen molar-refractivity contribution in [2.75, 3.05) is 0 Å². The van der Waals surface area contributed by atoms with Gasteiger partial charge in [-0.1, -0.05) is 12.1 Å². The van der Waals surface area contributed by atoms with Crippen molar-refractivity contribution >= 4 is 10.8 Å². The first-order valence-electron chi connectivity index (χ1n) is 5.49. The van der Waals surface area contributed by atoms with Crippen LogP contribution in [0.15, 0.2) is 33.9 Å². The van der Waals surface area contributed by atoms with Crippen LogP contribution < -0.4 is 11.1 Å². The van der Waals surface area contributed by atoms with E-state index < -0.39 is 6.10 Å². The van der Waals surface area contributed by atoms with Gasteiger partial charge in [0, 0.05) is 6.54 Å². The molecule has 5 heteroatoms. The highest BCUT2D eigenvalue weighted by molar-refractivity contribution is 5.80. The summed E-state index contributed by atoms with van der Waals surface area (Å²) in [6, 6.07) is 6.69. The predicted molar refractivity (Wildman–Crippen MR) is 65.1 cm³/mol. The van der Waals surface area contributed by atoms with E-state index in [1.807, 2.05) is 0 Å². The van der Waals surface area contributed by atoms with Crippen LogP contribution in [0, 0.1) is 0 Å². The Morgan fingerprint density at radius 2 is 1.94 bits per heavy atom. The summed E-state index contributed by atoms with van der Waals surface area (Å²) in [4.78, 5) is 23.7. The maximum atomic E-state index is 12.0. The maximum Gasteiger partial charge on any atom is 0.273 e. The van der Waals surface area contributed by atoms with Gasteiger partial charge in [-0.2, -0.15) is 0 Å². The number of nitrogens with one attached hydrogen (secondary N) is 1. The van der Waals surface area contributed by atoms with Crippen molar-refractivity contribution in [2.45, 2.75) is 26.0 Å². The van der Waals surface area contributed by atoms with Gasteiger partial charge in [-0.15, -0.1) is 0 Å². The highest BCUT2D eigenvalue weighted by atomic mass is 16.3. The third-order valence-electron chi connectivity index (χ3n) is 2.65. The maximum absolute atomic E-state index is 12.0. The molecule has 0 saturated heterocycles. The zero-order valence-corrected chi connectivity index (χ0v) is 9.51. The molecule has 0 amide bonds. The number of fused-ring (bicyclic) bond motifs is 1. The van der Waals surface area contributed by atoms with Crippen LogP contribution in [0.2, 0.25) is 0 Å². The number of H-pyrrole nitrogens is 1. The molecule has 1 aromatic carbocycles. The lowest BCUT2D eigenvalue weighted by atomic mass is 10.2. The van der Waals surface area contributed by atoms with Crippen LogP contribution in [0.1, 0.15) is 13.3 Å². The molecule has 0 spiro atoms. The van der Waals surface area contributed by atoms with E-state index in [2.05, 4.69) is 5.10 Å². The van der Waals surface area contributed by atoms with E-state index in [4.69, 9.17) is 0 Å². The average molecular weight is 234 g/mol. The van der Waals surface area contributed by atoms with Crippen molar-refractivity contribution in [1.29, 1.82) is 0 Å². The fraction of sp³-hybridized carbons (Fsp3) is 0.333. The SMILES string of the molecule is C[C@H](O)CCn1[nH]c(=O)c2ccccc2c1=O. The van der Waals surface area contributed by atoms with E-state index in [0.717, 1.165) is 0 Å². The second-order valence-electron chi connectivity index (χ2n) is 4.08. The van der Waals surface area contributed by atoms with Gasteiger partial charge in [0.2, 0.25) is 0 Å². The normalized spacial score (nSPS) is 12.8. The zero-order valence-electron chi connectivity index (χ0n) is 9.51. The number of hydrogen-bond donors (Lipinski definition) is 2. The molecule has 5 nitrogen and oxygen atoms in total. The predicted octanol–water partition coefficient (Wildman–Crippen LogP) is 0.461. The zero-order chi connectivity index (χ0) is 12.4. The Balaban J connectivity index is 2.56. The first kappa shape index (κ1) is 11.6. The molecule has 0 bridgehead atoms. The number of aryl methyl sites for hydroxylation is 1. The molecule has 0 fully saturated rings. The van der Waals surface area contributed by atoms with E-state index >= 15 is 0 Å². The minimum atomic E-state index is -0.503. The van der Waals surface area contributed by atoms with Crippen molar-refractivity contribution in [3.8, 4) is 0 Å². The van der Waals surface area contributed by atoms with E-state index in [0.29, 0.717) is 23.7 Å². The van der Waals surface area contributed by atoms with Gasteiger partial charge in [0.25, 0.3) is 11.1 Å². The van der Waals surface area contributed by atoms with Crippen LogP contribution >= 0.6 is 0 Å². The Labute approximate surface area is 97.3 Å². The first-order chi connectivity index (χ1) is 8.09. The van der Waals surface area contributed by atoms with Gasteiger partial charge < -0.3 is 5.11 Å². The number of hydrogen-bond acceptors (Lipinski definition) is 3. The Morgan fingerprint density at radius 1 is 1.29 bits per heavy atom. The topological polar surface area (TPSA) is 75.1 Å². The summed E-state index contributed by atoms with van der Waals surface area (Å²) in [5, 5.41) is 12.5. The molecule has 17 heavy (non-hydrogen) atoms. The van der Waals surface area contributed by atoms with Crippen LogP contribution in [0.4, 0.5) is 0 Å². The molecule has 0 aliphatic rings. The van der Waals surface area contributed by atoms with Crippen LogP contribution in [0.25, 0.3) is 10.8 Å². The second kappa shape index (κ2) is 4.55. The monoisotopic (exact) mass is 234 g/mol. The number of aliphatic hydroxyl groups is 1. The molecular weight excluding hydrogens is 220 g/mol. The molecule has 0 saturated carbocycles. The molecule has 2 N–H and O–H groups in total. The summed E-state index contributed by atoms with van der Waals surface area (Å²) in [7, 11) is 0. The van der Waals surface area contributed by atoms with Crippen LogP contribution in [0.5, 0.6) is 0 Å². The number of nitrogens with zero attached hydrogens (tertiary/aromatic N) is 1. The largest absolute Gasteiger partial charge is 0.393 e. The van der Waals surface area contributed by atoms with Crippen LogP contribution in [0.3, 0.4) is 0 Å². The fourth-order valence-corrected chi connectivity index (χ4v) is 1.72. The third kappa shape index (κ3) is 2.29. The van der Waals surface area contributed by atoms with E-state index in [9.17, 15) is 14.7 Å². The van der Waals surface area contributed by atoms with Gasteiger partial charge >= 0.3 is 0 Å². The highest BCUT2D eigenvalue weighted by Crippen LogP contribution is 2.02. The van der Waals surface area contributed by atoms with Crippen LogP contribution in [-0.2, 0) is 6.54 Å². The summed E-state index contributed by atoms with van der Waals surface area (Å²) >= 11 is 0.